The van der Waals surface area contributed by atoms with Crippen molar-refractivity contribution in [3.8, 4) is 6.07 Å². The second-order valence-electron chi connectivity index (χ2n) is 12.3. The van der Waals surface area contributed by atoms with Crippen LogP contribution in [0.3, 0.4) is 0 Å². The summed E-state index contributed by atoms with van der Waals surface area (Å²) in [5.74, 6) is 2.33. The molecule has 3 heteroatoms. The number of benzene rings is 1. The average Bonchev–Trinajstić information content (AvgIpc) is 3.24. The van der Waals surface area contributed by atoms with Crippen LogP contribution in [0.4, 0.5) is 0 Å². The van der Waals surface area contributed by atoms with Crippen LogP contribution in [-0.4, -0.2) is 5.91 Å². The molecule has 5 rings (SSSR count). The maximum atomic E-state index is 14.0. The van der Waals surface area contributed by atoms with E-state index in [9.17, 15) is 10.1 Å². The maximum absolute atomic E-state index is 14.0. The molecule has 1 aromatic carbocycles. The summed E-state index contributed by atoms with van der Waals surface area (Å²) in [5, 5.41) is 13.0. The van der Waals surface area contributed by atoms with Gasteiger partial charge in [0.25, 0.3) is 0 Å². The molecule has 0 aromatic heterocycles. The zero-order valence-corrected chi connectivity index (χ0v) is 22.1. The number of carbonyl (C=O) groups is 1. The second-order valence-corrected chi connectivity index (χ2v) is 12.3. The molecule has 0 saturated heterocycles. The summed E-state index contributed by atoms with van der Waals surface area (Å²) >= 11 is 0. The molecule has 35 heavy (non-hydrogen) atoms. The van der Waals surface area contributed by atoms with E-state index in [1.807, 2.05) is 0 Å². The Bertz CT molecular complexity index is 1070. The summed E-state index contributed by atoms with van der Waals surface area (Å²) in [5.41, 5.74) is 3.57. The van der Waals surface area contributed by atoms with E-state index in [4.69, 9.17) is 0 Å². The van der Waals surface area contributed by atoms with E-state index in [0.29, 0.717) is 17.8 Å². The largest absolute Gasteiger partial charge is 0.346 e. The van der Waals surface area contributed by atoms with E-state index in [1.54, 1.807) is 0 Å². The zero-order chi connectivity index (χ0) is 24.8. The first-order valence-electron chi connectivity index (χ1n) is 14.0. The average molecular weight is 471 g/mol. The van der Waals surface area contributed by atoms with E-state index in [-0.39, 0.29) is 28.2 Å². The predicted molar refractivity (Wildman–Crippen MR) is 141 cm³/mol. The number of allylic oxidation sites excluding steroid dienone is 4. The third-order valence-electron chi connectivity index (χ3n) is 11.1. The van der Waals surface area contributed by atoms with Crippen molar-refractivity contribution < 1.29 is 4.79 Å². The van der Waals surface area contributed by atoms with Crippen molar-refractivity contribution in [3.05, 3.63) is 59.2 Å². The molecule has 1 aromatic rings. The van der Waals surface area contributed by atoms with E-state index >= 15 is 0 Å². The normalized spacial score (nSPS) is 36.1. The van der Waals surface area contributed by atoms with Crippen LogP contribution in [-0.2, 0) is 10.3 Å². The Morgan fingerprint density at radius 3 is 2.51 bits per heavy atom. The SMILES string of the molecule is CCC(CC)(NC(=O)[C@H]1CC[C@H]2[C@@H]3CC=C4C=C(C#N)CC[C@]4(C)[C@H]3CC[C@]12C)c1ccccc1. The number of nitrogens with one attached hydrogen (secondary N) is 1. The van der Waals surface area contributed by atoms with Crippen LogP contribution in [0.15, 0.2) is 53.6 Å². The van der Waals surface area contributed by atoms with Gasteiger partial charge in [-0.2, -0.15) is 5.26 Å². The van der Waals surface area contributed by atoms with Crippen molar-refractivity contribution in [2.24, 2.45) is 34.5 Å². The van der Waals surface area contributed by atoms with Gasteiger partial charge in [-0.1, -0.05) is 64.1 Å². The molecule has 6 atom stereocenters. The molecule has 0 aliphatic heterocycles. The number of fused-ring (bicyclic) bond motifs is 5. The molecular weight excluding hydrogens is 428 g/mol. The number of hydrogen-bond acceptors (Lipinski definition) is 2. The highest BCUT2D eigenvalue weighted by molar-refractivity contribution is 5.81. The Balaban J connectivity index is 1.39. The third-order valence-corrected chi connectivity index (χ3v) is 11.1. The van der Waals surface area contributed by atoms with E-state index in [0.717, 1.165) is 50.5 Å². The minimum absolute atomic E-state index is 0.0825. The fourth-order valence-corrected chi connectivity index (χ4v) is 8.83. The summed E-state index contributed by atoms with van der Waals surface area (Å²) in [6.07, 6.45) is 14.1. The van der Waals surface area contributed by atoms with Gasteiger partial charge >= 0.3 is 0 Å². The van der Waals surface area contributed by atoms with Crippen LogP contribution < -0.4 is 5.32 Å². The van der Waals surface area contributed by atoms with Crippen molar-refractivity contribution in [2.45, 2.75) is 91.0 Å². The Hall–Kier alpha value is -2.34. The summed E-state index contributed by atoms with van der Waals surface area (Å²) in [6.45, 7) is 9.29. The van der Waals surface area contributed by atoms with Crippen molar-refractivity contribution in [1.82, 2.24) is 5.32 Å². The number of rotatable bonds is 5. The molecule has 0 radical (unpaired) electrons. The fraction of sp³-hybridized carbons (Fsp3) is 0.625. The fourth-order valence-electron chi connectivity index (χ4n) is 8.83. The Morgan fingerprint density at radius 1 is 1.09 bits per heavy atom. The lowest BCUT2D eigenvalue weighted by atomic mass is 9.48. The molecule has 0 bridgehead atoms. The van der Waals surface area contributed by atoms with Crippen LogP contribution >= 0.6 is 0 Å². The van der Waals surface area contributed by atoms with Crippen LogP contribution in [0.1, 0.15) is 91.0 Å². The molecule has 0 heterocycles. The van der Waals surface area contributed by atoms with Gasteiger partial charge in [0.05, 0.1) is 11.6 Å². The van der Waals surface area contributed by atoms with Gasteiger partial charge in [-0.15, -0.1) is 0 Å². The maximum Gasteiger partial charge on any atom is 0.224 e. The monoisotopic (exact) mass is 470 g/mol. The van der Waals surface area contributed by atoms with Gasteiger partial charge in [-0.25, -0.2) is 0 Å². The third kappa shape index (κ3) is 3.71. The number of hydrogen-bond donors (Lipinski definition) is 1. The standard InChI is InChI=1S/C32H42N2O/c1-5-32(6-2,23-10-8-7-9-11-23)34-29(35)28-15-14-26-25-13-12-24-20-22(21-33)16-18-30(24,3)27(25)17-19-31(26,28)4/h7-12,20,25-28H,5-6,13-19H2,1-4H3,(H,34,35)/t25-,26-,27-,28+,30-,31-/m0/s1. The minimum Gasteiger partial charge on any atom is -0.346 e. The summed E-state index contributed by atoms with van der Waals surface area (Å²) in [4.78, 5) is 14.0. The molecular formula is C32H42N2O. The summed E-state index contributed by atoms with van der Waals surface area (Å²) < 4.78 is 0. The van der Waals surface area contributed by atoms with E-state index in [2.05, 4.69) is 81.6 Å². The summed E-state index contributed by atoms with van der Waals surface area (Å²) in [7, 11) is 0. The molecule has 4 aliphatic rings. The minimum atomic E-state index is -0.285. The quantitative estimate of drug-likeness (QED) is 0.485. The van der Waals surface area contributed by atoms with Gasteiger partial charge in [-0.05, 0) is 104 Å². The lowest BCUT2D eigenvalue weighted by Gasteiger charge is -2.57. The predicted octanol–water partition coefficient (Wildman–Crippen LogP) is 7.46. The highest BCUT2D eigenvalue weighted by Crippen LogP contribution is 2.66. The Morgan fingerprint density at radius 2 is 1.83 bits per heavy atom. The summed E-state index contributed by atoms with van der Waals surface area (Å²) in [6, 6.07) is 13.0. The molecule has 3 nitrogen and oxygen atoms in total. The van der Waals surface area contributed by atoms with Gasteiger partial charge < -0.3 is 5.32 Å². The van der Waals surface area contributed by atoms with Gasteiger partial charge in [0.1, 0.15) is 0 Å². The van der Waals surface area contributed by atoms with Crippen LogP contribution in [0.2, 0.25) is 0 Å². The first kappa shape index (κ1) is 24.4. The highest BCUT2D eigenvalue weighted by Gasteiger charge is 2.59. The molecule has 0 spiro atoms. The molecule has 1 N–H and O–H groups in total. The number of carbonyl (C=O) groups excluding carboxylic acids is 1. The van der Waals surface area contributed by atoms with Crippen molar-refractivity contribution in [3.63, 3.8) is 0 Å². The van der Waals surface area contributed by atoms with Crippen LogP contribution in [0.5, 0.6) is 0 Å². The van der Waals surface area contributed by atoms with Crippen molar-refractivity contribution in [2.75, 3.05) is 0 Å². The molecule has 2 fully saturated rings. The molecule has 0 unspecified atom stereocenters. The Kier molecular flexibility index (Phi) is 6.23. The highest BCUT2D eigenvalue weighted by atomic mass is 16.2. The van der Waals surface area contributed by atoms with Crippen LogP contribution in [0.25, 0.3) is 0 Å². The molecule has 4 aliphatic carbocycles. The van der Waals surface area contributed by atoms with Crippen molar-refractivity contribution >= 4 is 5.91 Å². The van der Waals surface area contributed by atoms with Crippen LogP contribution in [0, 0.1) is 45.8 Å². The molecule has 186 valence electrons. The first-order chi connectivity index (χ1) is 16.8. The number of nitrogens with zero attached hydrogens (tertiary/aromatic N) is 1. The number of nitriles is 1. The molecule has 1 amide bonds. The zero-order valence-electron chi connectivity index (χ0n) is 22.1. The number of amides is 1. The smallest absolute Gasteiger partial charge is 0.224 e. The Labute approximate surface area is 212 Å². The van der Waals surface area contributed by atoms with Gasteiger partial charge in [0, 0.05) is 11.5 Å². The van der Waals surface area contributed by atoms with E-state index in [1.165, 1.54) is 24.0 Å². The lowest BCUT2D eigenvalue weighted by molar-refractivity contribution is -0.134. The van der Waals surface area contributed by atoms with Crippen molar-refractivity contribution in [1.29, 1.82) is 5.26 Å². The van der Waals surface area contributed by atoms with Gasteiger partial charge in [0.15, 0.2) is 0 Å². The lowest BCUT2D eigenvalue weighted by Crippen LogP contribution is -2.53. The van der Waals surface area contributed by atoms with Gasteiger partial charge in [0.2, 0.25) is 5.91 Å². The van der Waals surface area contributed by atoms with E-state index < -0.39 is 0 Å². The second kappa shape index (κ2) is 8.95. The topological polar surface area (TPSA) is 52.9 Å². The molecule has 2 saturated carbocycles. The first-order valence-corrected chi connectivity index (χ1v) is 14.0. The van der Waals surface area contributed by atoms with Gasteiger partial charge in [-0.3, -0.25) is 4.79 Å².